The predicted molar refractivity (Wildman–Crippen MR) is 153 cm³/mol. The van der Waals surface area contributed by atoms with E-state index in [0.717, 1.165) is 37.8 Å². The van der Waals surface area contributed by atoms with Crippen molar-refractivity contribution in [2.24, 2.45) is 0 Å². The first-order valence-electron chi connectivity index (χ1n) is 14.4. The molecule has 0 fully saturated rings. The molecule has 2 atom stereocenters. The van der Waals surface area contributed by atoms with Crippen LogP contribution < -0.4 is 10.1 Å². The average Bonchev–Trinajstić information content (AvgIpc) is 2.92. The number of halogens is 1. The fourth-order valence-electron chi connectivity index (χ4n) is 4.85. The first-order chi connectivity index (χ1) is 19.2. The topological polar surface area (TPSA) is 98.7 Å². The van der Waals surface area contributed by atoms with Gasteiger partial charge < -0.3 is 24.4 Å². The van der Waals surface area contributed by atoms with Gasteiger partial charge in [0.05, 0.1) is 13.7 Å². The number of esters is 1. The number of nitrogens with zero attached hydrogens (tertiary/aromatic N) is 4. The normalized spacial score (nSPS) is 14.9. The monoisotopic (exact) mass is 559 g/mol. The van der Waals surface area contributed by atoms with Gasteiger partial charge in [0.1, 0.15) is 23.6 Å². The standard InChI is InChI=1S/C30H46FN5O4/c1-30(2,3)40-28(37)26(34-27-15-17-32-29(35-27)39-5)16-19-36(20-23(31)21-38-4)18-9-8-11-24-14-13-22-10-6-7-12-25(22)33-24/h13-15,17,23,26H,6-12,16,18-21H2,1-5H3,(H,32,34,35)/t23-,26-/m0/s1. The Morgan fingerprint density at radius 2 is 1.90 bits per heavy atom. The Morgan fingerprint density at radius 3 is 2.65 bits per heavy atom. The molecule has 40 heavy (non-hydrogen) atoms. The molecule has 9 nitrogen and oxygen atoms in total. The van der Waals surface area contributed by atoms with Crippen LogP contribution in [-0.4, -0.2) is 84.1 Å². The second-order valence-corrected chi connectivity index (χ2v) is 11.4. The Hall–Kier alpha value is -2.85. The Balaban J connectivity index is 1.61. The molecular formula is C30H46FN5O4. The van der Waals surface area contributed by atoms with Gasteiger partial charge in [0.15, 0.2) is 0 Å². The summed E-state index contributed by atoms with van der Waals surface area (Å²) in [6.07, 6.45) is 8.27. The molecule has 2 aromatic rings. The van der Waals surface area contributed by atoms with E-state index in [2.05, 4.69) is 32.3 Å². The summed E-state index contributed by atoms with van der Waals surface area (Å²) in [5.74, 6) is 0.0618. The number of hydrogen-bond donors (Lipinski definition) is 1. The first-order valence-corrected chi connectivity index (χ1v) is 14.4. The molecule has 1 N–H and O–H groups in total. The highest BCUT2D eigenvalue weighted by atomic mass is 19.1. The van der Waals surface area contributed by atoms with E-state index in [9.17, 15) is 9.18 Å². The summed E-state index contributed by atoms with van der Waals surface area (Å²) in [5.41, 5.74) is 3.13. The second-order valence-electron chi connectivity index (χ2n) is 11.4. The number of hydrogen-bond acceptors (Lipinski definition) is 9. The number of carbonyl (C=O) groups excluding carboxylic acids is 1. The van der Waals surface area contributed by atoms with Crippen molar-refractivity contribution in [2.75, 3.05) is 45.8 Å². The van der Waals surface area contributed by atoms with Gasteiger partial charge in [-0.05, 0) is 96.4 Å². The number of pyridine rings is 1. The van der Waals surface area contributed by atoms with E-state index < -0.39 is 23.8 Å². The molecule has 2 aromatic heterocycles. The number of ether oxygens (including phenoxy) is 3. The SMILES string of the molecule is COC[C@@H](F)CN(CCCCc1ccc2c(n1)CCCC2)CC[C@H](Nc1ccnc(OC)n1)C(=O)OC(C)(C)C. The fraction of sp³-hybridized carbons (Fsp3) is 0.667. The third-order valence-electron chi connectivity index (χ3n) is 6.76. The lowest BCUT2D eigenvalue weighted by atomic mass is 9.95. The van der Waals surface area contributed by atoms with E-state index in [0.29, 0.717) is 25.3 Å². The van der Waals surface area contributed by atoms with E-state index in [4.69, 9.17) is 19.2 Å². The van der Waals surface area contributed by atoms with Crippen LogP contribution in [0.1, 0.15) is 69.8 Å². The highest BCUT2D eigenvalue weighted by Crippen LogP contribution is 2.20. The maximum Gasteiger partial charge on any atom is 0.329 e. The Bertz CT molecular complexity index is 1060. The van der Waals surface area contributed by atoms with Gasteiger partial charge in [-0.15, -0.1) is 0 Å². The van der Waals surface area contributed by atoms with Gasteiger partial charge in [-0.2, -0.15) is 4.98 Å². The van der Waals surface area contributed by atoms with Crippen molar-refractivity contribution in [1.29, 1.82) is 0 Å². The maximum absolute atomic E-state index is 14.6. The molecule has 0 bridgehead atoms. The number of carbonyl (C=O) groups is 1. The molecule has 0 spiro atoms. The molecule has 3 rings (SSSR count). The van der Waals surface area contributed by atoms with Crippen LogP contribution in [-0.2, 0) is 33.5 Å². The Morgan fingerprint density at radius 1 is 1.10 bits per heavy atom. The molecule has 1 aliphatic carbocycles. The number of nitrogens with one attached hydrogen (secondary N) is 1. The minimum Gasteiger partial charge on any atom is -0.467 e. The van der Waals surface area contributed by atoms with Crippen molar-refractivity contribution < 1.29 is 23.4 Å². The summed E-state index contributed by atoms with van der Waals surface area (Å²) in [6.45, 7) is 6.96. The molecule has 2 heterocycles. The van der Waals surface area contributed by atoms with Gasteiger partial charge in [-0.3, -0.25) is 4.98 Å². The molecule has 0 amide bonds. The highest BCUT2D eigenvalue weighted by Gasteiger charge is 2.27. The average molecular weight is 560 g/mol. The second kappa shape index (κ2) is 15.8. The molecule has 0 saturated carbocycles. The zero-order chi connectivity index (χ0) is 29.0. The van der Waals surface area contributed by atoms with Crippen molar-refractivity contribution in [3.05, 3.63) is 41.3 Å². The molecular weight excluding hydrogens is 513 g/mol. The third-order valence-corrected chi connectivity index (χ3v) is 6.76. The Labute approximate surface area is 238 Å². The van der Waals surface area contributed by atoms with Crippen LogP contribution in [0.2, 0.25) is 0 Å². The smallest absolute Gasteiger partial charge is 0.329 e. The van der Waals surface area contributed by atoms with Crippen molar-refractivity contribution in [3.8, 4) is 6.01 Å². The van der Waals surface area contributed by atoms with Gasteiger partial charge in [-0.1, -0.05) is 6.07 Å². The molecule has 0 unspecified atom stereocenters. The van der Waals surface area contributed by atoms with Crippen molar-refractivity contribution in [3.63, 3.8) is 0 Å². The minimum atomic E-state index is -1.12. The van der Waals surface area contributed by atoms with Gasteiger partial charge in [0.25, 0.3) is 0 Å². The summed E-state index contributed by atoms with van der Waals surface area (Å²) >= 11 is 0. The lowest BCUT2D eigenvalue weighted by Crippen LogP contribution is -2.41. The summed E-state index contributed by atoms with van der Waals surface area (Å²) in [4.78, 5) is 28.3. The van der Waals surface area contributed by atoms with Gasteiger partial charge in [0, 0.05) is 37.8 Å². The fourth-order valence-corrected chi connectivity index (χ4v) is 4.85. The van der Waals surface area contributed by atoms with E-state index in [1.807, 2.05) is 20.8 Å². The molecule has 0 radical (unpaired) electrons. The number of aromatic nitrogens is 3. The van der Waals surface area contributed by atoms with Gasteiger partial charge in [-0.25, -0.2) is 14.2 Å². The van der Waals surface area contributed by atoms with E-state index in [1.54, 1.807) is 12.3 Å². The zero-order valence-corrected chi connectivity index (χ0v) is 24.7. The zero-order valence-electron chi connectivity index (χ0n) is 24.7. The largest absolute Gasteiger partial charge is 0.467 e. The van der Waals surface area contributed by atoms with Crippen LogP contribution >= 0.6 is 0 Å². The molecule has 0 aromatic carbocycles. The minimum absolute atomic E-state index is 0.0318. The molecule has 10 heteroatoms. The van der Waals surface area contributed by atoms with Gasteiger partial charge in [0.2, 0.25) is 0 Å². The quantitative estimate of drug-likeness (QED) is 0.234. The van der Waals surface area contributed by atoms with Gasteiger partial charge >= 0.3 is 12.0 Å². The number of methoxy groups -OCH3 is 2. The van der Waals surface area contributed by atoms with E-state index in [1.165, 1.54) is 38.3 Å². The molecule has 1 aliphatic rings. The molecule has 0 saturated heterocycles. The van der Waals surface area contributed by atoms with Crippen LogP contribution in [0.5, 0.6) is 6.01 Å². The number of aryl methyl sites for hydroxylation is 3. The summed E-state index contributed by atoms with van der Waals surface area (Å²) in [5, 5.41) is 3.16. The predicted octanol–water partition coefficient (Wildman–Crippen LogP) is 4.58. The number of fused-ring (bicyclic) bond motifs is 1. The van der Waals surface area contributed by atoms with Crippen LogP contribution in [0.15, 0.2) is 24.4 Å². The first kappa shape index (κ1) is 31.7. The van der Waals surface area contributed by atoms with Crippen molar-refractivity contribution in [1.82, 2.24) is 19.9 Å². The number of rotatable bonds is 16. The molecule has 222 valence electrons. The number of unbranched alkanes of at least 4 members (excludes halogenated alkanes) is 1. The maximum atomic E-state index is 14.6. The van der Waals surface area contributed by atoms with Crippen molar-refractivity contribution >= 4 is 11.8 Å². The van der Waals surface area contributed by atoms with Crippen LogP contribution in [0.4, 0.5) is 10.2 Å². The molecule has 0 aliphatic heterocycles. The van der Waals surface area contributed by atoms with Crippen LogP contribution in [0.3, 0.4) is 0 Å². The summed E-state index contributed by atoms with van der Waals surface area (Å²) in [7, 11) is 2.98. The van der Waals surface area contributed by atoms with E-state index >= 15 is 0 Å². The number of anilines is 1. The number of alkyl halides is 1. The van der Waals surface area contributed by atoms with Crippen LogP contribution in [0.25, 0.3) is 0 Å². The summed E-state index contributed by atoms with van der Waals surface area (Å²) < 4.78 is 30.4. The third kappa shape index (κ3) is 11.0. The van der Waals surface area contributed by atoms with E-state index in [-0.39, 0.29) is 19.2 Å². The lowest BCUT2D eigenvalue weighted by Gasteiger charge is -2.28. The lowest BCUT2D eigenvalue weighted by molar-refractivity contribution is -0.156. The Kier molecular flexibility index (Phi) is 12.5. The highest BCUT2D eigenvalue weighted by molar-refractivity contribution is 5.79. The summed E-state index contributed by atoms with van der Waals surface area (Å²) in [6, 6.07) is 5.57. The van der Waals surface area contributed by atoms with Crippen molar-refractivity contribution in [2.45, 2.75) is 90.0 Å². The van der Waals surface area contributed by atoms with Crippen LogP contribution in [0, 0.1) is 0 Å².